The molecule has 2 rings (SSSR count). The fourth-order valence-electron chi connectivity index (χ4n) is 3.32. The quantitative estimate of drug-likeness (QED) is 0.659. The van der Waals surface area contributed by atoms with Crippen LogP contribution in [0.4, 0.5) is 0 Å². The molecule has 2 aromatic carbocycles. The van der Waals surface area contributed by atoms with Crippen LogP contribution in [0.25, 0.3) is 0 Å². The first kappa shape index (κ1) is 21.1. The summed E-state index contributed by atoms with van der Waals surface area (Å²) >= 11 is 0. The molecule has 0 saturated carbocycles. The van der Waals surface area contributed by atoms with Crippen molar-refractivity contribution in [1.82, 2.24) is 0 Å². The van der Waals surface area contributed by atoms with E-state index in [1.807, 2.05) is 24.3 Å². The van der Waals surface area contributed by atoms with Crippen LogP contribution in [-0.2, 0) is 10.8 Å². The van der Waals surface area contributed by atoms with Crippen LogP contribution in [0.15, 0.2) is 48.5 Å². The molecule has 4 heteroatoms. The third-order valence-electron chi connectivity index (χ3n) is 5.92. The van der Waals surface area contributed by atoms with Crippen LogP contribution in [0.1, 0.15) is 65.5 Å². The number of benzene rings is 2. The predicted octanol–water partition coefficient (Wildman–Crippen LogP) is 4.29. The van der Waals surface area contributed by atoms with E-state index in [1.54, 1.807) is 24.3 Å². The molecule has 144 valence electrons. The Labute approximate surface area is 157 Å². The van der Waals surface area contributed by atoms with E-state index >= 15 is 0 Å². The Bertz CT molecular complexity index is 722. The van der Waals surface area contributed by atoms with Crippen molar-refractivity contribution < 1.29 is 14.7 Å². The van der Waals surface area contributed by atoms with E-state index in [9.17, 15) is 14.7 Å². The minimum absolute atomic E-state index is 0.240. The van der Waals surface area contributed by atoms with Crippen molar-refractivity contribution in [3.8, 4) is 0 Å². The van der Waals surface area contributed by atoms with Crippen molar-refractivity contribution in [3.63, 3.8) is 0 Å². The minimum atomic E-state index is -5.30. The van der Waals surface area contributed by atoms with Crippen molar-refractivity contribution >= 4 is 17.9 Å². The molecule has 2 aromatic rings. The van der Waals surface area contributed by atoms with Gasteiger partial charge in [0.2, 0.25) is 0 Å². The van der Waals surface area contributed by atoms with Gasteiger partial charge < -0.3 is 0 Å². The Morgan fingerprint density at radius 3 is 1.27 bits per heavy atom. The van der Waals surface area contributed by atoms with Gasteiger partial charge in [-0.3, -0.25) is 0 Å². The van der Waals surface area contributed by atoms with E-state index in [-0.39, 0.29) is 21.4 Å². The molecule has 3 nitrogen and oxygen atoms in total. The van der Waals surface area contributed by atoms with Crippen LogP contribution in [0.5, 0.6) is 0 Å². The zero-order valence-corrected chi connectivity index (χ0v) is 17.7. The summed E-state index contributed by atoms with van der Waals surface area (Å²) in [6.07, 6.45) is 1.64. The molecule has 0 saturated heterocycles. The maximum absolute atomic E-state index is 11.4. The number of hydrogen-bond donors (Lipinski definition) is 3. The summed E-state index contributed by atoms with van der Waals surface area (Å²) < 4.78 is 0. The van der Waals surface area contributed by atoms with Gasteiger partial charge in [-0.15, -0.1) is 0 Å². The second kappa shape index (κ2) is 6.73. The fraction of sp³-hybridized carbons (Fsp3) is 0.455. The third-order valence-corrected chi connectivity index (χ3v) is 8.48. The van der Waals surface area contributed by atoms with Crippen molar-refractivity contribution in [2.45, 2.75) is 65.2 Å². The summed E-state index contributed by atoms with van der Waals surface area (Å²) in [5.41, 5.74) is 0.973. The molecule has 26 heavy (non-hydrogen) atoms. The molecular weight excluding hydrogens is 343 g/mol. The summed E-state index contributed by atoms with van der Waals surface area (Å²) in [5.74, 6) is 0. The van der Waals surface area contributed by atoms with E-state index < -0.39 is 7.28 Å². The molecule has 0 spiro atoms. The average Bonchev–Trinajstić information content (AvgIpc) is 2.61. The summed E-state index contributed by atoms with van der Waals surface area (Å²) in [5, 5.41) is 0.481. The molecule has 0 unspecified atom stereocenters. The monoisotopic (exact) mass is 376 g/mol. The van der Waals surface area contributed by atoms with Crippen LogP contribution in [0.2, 0.25) is 0 Å². The summed E-state index contributed by atoms with van der Waals surface area (Å²) in [7, 11) is -5.30. The van der Waals surface area contributed by atoms with Crippen molar-refractivity contribution in [3.05, 3.63) is 59.7 Å². The molecule has 0 aromatic heterocycles. The zero-order valence-electron chi connectivity index (χ0n) is 16.8. The summed E-state index contributed by atoms with van der Waals surface area (Å²) in [6, 6.07) is 14.3. The first-order valence-electron chi connectivity index (χ1n) is 9.32. The van der Waals surface area contributed by atoms with E-state index in [4.69, 9.17) is 0 Å². The van der Waals surface area contributed by atoms with Crippen molar-refractivity contribution in [2.75, 3.05) is 0 Å². The van der Waals surface area contributed by atoms with Gasteiger partial charge in [0.15, 0.2) is 0 Å². The predicted molar refractivity (Wildman–Crippen MR) is 112 cm³/mol. The second-order valence-corrected chi connectivity index (χ2v) is 11.4. The Kier molecular flexibility index (Phi) is 5.45. The topological polar surface area (TPSA) is 60.7 Å². The zero-order chi connectivity index (χ0) is 19.8. The maximum atomic E-state index is 11.4. The van der Waals surface area contributed by atoms with E-state index in [0.717, 1.165) is 24.0 Å². The summed E-state index contributed by atoms with van der Waals surface area (Å²) in [4.78, 5) is 34.3. The molecule has 0 radical (unpaired) electrons. The molecule has 0 aliphatic heterocycles. The molecule has 0 heterocycles. The van der Waals surface area contributed by atoms with Gasteiger partial charge in [-0.25, -0.2) is 0 Å². The van der Waals surface area contributed by atoms with Gasteiger partial charge in [0.05, 0.1) is 0 Å². The number of rotatable bonds is 6. The van der Waals surface area contributed by atoms with E-state index in [1.165, 1.54) is 0 Å². The standard InChI is InChI=1S/C22H33O3P/c1-7-21(3,4)17-13-9-11-15-19(17)26(23,24,25)20-16-12-10-14-18(20)22(5,6)8-2/h9-16,23-25H,7-8H2,1-6H3. The Morgan fingerprint density at radius 1 is 0.654 bits per heavy atom. The SMILES string of the molecule is CCC(C)(C)c1ccccc1P(O)(O)(O)c1ccccc1C(C)(C)CC. The van der Waals surface area contributed by atoms with Crippen LogP contribution < -0.4 is 10.6 Å². The Balaban J connectivity index is 2.84. The van der Waals surface area contributed by atoms with Gasteiger partial charge in [0.1, 0.15) is 0 Å². The van der Waals surface area contributed by atoms with E-state index in [2.05, 4.69) is 41.5 Å². The molecule has 0 aliphatic carbocycles. The Hall–Kier alpha value is -1.25. The van der Waals surface area contributed by atoms with Crippen molar-refractivity contribution in [2.24, 2.45) is 0 Å². The molecule has 3 N–H and O–H groups in total. The molecule has 0 aliphatic rings. The van der Waals surface area contributed by atoms with Gasteiger partial charge in [0.25, 0.3) is 0 Å². The van der Waals surface area contributed by atoms with Gasteiger partial charge in [-0.05, 0) is 0 Å². The average molecular weight is 376 g/mol. The molecule has 0 atom stereocenters. The summed E-state index contributed by atoms with van der Waals surface area (Å²) in [6.45, 7) is 12.3. The normalized spacial score (nSPS) is 14.7. The van der Waals surface area contributed by atoms with Crippen LogP contribution in [-0.4, -0.2) is 14.7 Å². The van der Waals surface area contributed by atoms with Crippen LogP contribution in [0.3, 0.4) is 0 Å². The molecule has 0 bridgehead atoms. The van der Waals surface area contributed by atoms with Gasteiger partial charge in [-0.1, -0.05) is 0 Å². The third kappa shape index (κ3) is 3.59. The first-order chi connectivity index (χ1) is 11.9. The van der Waals surface area contributed by atoms with Gasteiger partial charge in [-0.2, -0.15) is 0 Å². The molecular formula is C22H33O3P. The van der Waals surface area contributed by atoms with Gasteiger partial charge in [0, 0.05) is 0 Å². The van der Waals surface area contributed by atoms with E-state index in [0.29, 0.717) is 0 Å². The number of hydrogen-bond acceptors (Lipinski definition) is 3. The first-order valence-corrected chi connectivity index (χ1v) is 11.4. The van der Waals surface area contributed by atoms with Crippen LogP contribution in [0, 0.1) is 0 Å². The Morgan fingerprint density at radius 2 is 0.962 bits per heavy atom. The molecule has 0 amide bonds. The molecule has 0 fully saturated rings. The van der Waals surface area contributed by atoms with Crippen molar-refractivity contribution in [1.29, 1.82) is 0 Å². The van der Waals surface area contributed by atoms with Gasteiger partial charge >= 0.3 is 157 Å². The van der Waals surface area contributed by atoms with Crippen LogP contribution >= 0.6 is 7.28 Å². The second-order valence-electron chi connectivity index (χ2n) is 8.49. The fourth-order valence-corrected chi connectivity index (χ4v) is 5.94.